The van der Waals surface area contributed by atoms with Crippen LogP contribution in [0.1, 0.15) is 6.92 Å². The van der Waals surface area contributed by atoms with Gasteiger partial charge in [-0.2, -0.15) is 0 Å². The van der Waals surface area contributed by atoms with E-state index in [4.69, 9.17) is 4.74 Å². The van der Waals surface area contributed by atoms with Gasteiger partial charge >= 0.3 is 0 Å². The molecule has 1 saturated heterocycles. The molecule has 1 aliphatic rings. The van der Waals surface area contributed by atoms with Gasteiger partial charge in [0.25, 0.3) is 5.91 Å². The Morgan fingerprint density at radius 3 is 2.31 bits per heavy atom. The summed E-state index contributed by atoms with van der Waals surface area (Å²) in [5.41, 5.74) is 2.20. The third-order valence-electron chi connectivity index (χ3n) is 4.99. The molecule has 0 radical (unpaired) electrons. The predicted molar refractivity (Wildman–Crippen MR) is 105 cm³/mol. The number of likely N-dealkylation sites (N-methyl/N-ethyl adjacent to an activating group) is 1. The Hall–Kier alpha value is -2.53. The van der Waals surface area contributed by atoms with E-state index in [1.54, 1.807) is 7.11 Å². The van der Waals surface area contributed by atoms with E-state index in [2.05, 4.69) is 17.0 Å². The van der Waals surface area contributed by atoms with Crippen LogP contribution >= 0.6 is 0 Å². The molecule has 2 aromatic rings. The van der Waals surface area contributed by atoms with Crippen LogP contribution in [0.15, 0.2) is 54.6 Å². The average Bonchev–Trinajstić information content (AvgIpc) is 2.70. The summed E-state index contributed by atoms with van der Waals surface area (Å²) >= 11 is 0. The lowest BCUT2D eigenvalue weighted by molar-refractivity contribution is -0.892. The number of hydrogen-bond acceptors (Lipinski definition) is 3. The summed E-state index contributed by atoms with van der Waals surface area (Å²) in [5, 5.41) is 0. The van der Waals surface area contributed by atoms with E-state index < -0.39 is 0 Å². The first-order valence-electron chi connectivity index (χ1n) is 9.29. The van der Waals surface area contributed by atoms with Crippen molar-refractivity contribution < 1.29 is 14.4 Å². The van der Waals surface area contributed by atoms with Crippen LogP contribution in [-0.2, 0) is 4.79 Å². The zero-order valence-corrected chi connectivity index (χ0v) is 15.6. The predicted octanol–water partition coefficient (Wildman–Crippen LogP) is 1.45. The van der Waals surface area contributed by atoms with Crippen molar-refractivity contribution in [3.05, 3.63) is 54.6 Å². The molecule has 26 heavy (non-hydrogen) atoms. The molecule has 0 bridgehead atoms. The number of carbonyl (C=O) groups is 1. The van der Waals surface area contributed by atoms with Gasteiger partial charge in [0.05, 0.1) is 33.3 Å². The summed E-state index contributed by atoms with van der Waals surface area (Å²) in [7, 11) is 1.68. The number of nitrogens with zero attached hydrogens (tertiary/aromatic N) is 2. The van der Waals surface area contributed by atoms with Gasteiger partial charge in [-0.25, -0.2) is 0 Å². The second-order valence-corrected chi connectivity index (χ2v) is 6.59. The molecule has 1 fully saturated rings. The minimum atomic E-state index is 0.201. The summed E-state index contributed by atoms with van der Waals surface area (Å²) in [4.78, 5) is 18.4. The van der Waals surface area contributed by atoms with E-state index in [0.717, 1.165) is 37.6 Å². The van der Waals surface area contributed by atoms with Crippen LogP contribution in [0, 0.1) is 0 Å². The Kier molecular flexibility index (Phi) is 6.12. The zero-order chi connectivity index (χ0) is 18.4. The Labute approximate surface area is 155 Å². The highest BCUT2D eigenvalue weighted by Gasteiger charge is 2.25. The highest BCUT2D eigenvalue weighted by molar-refractivity contribution is 5.93. The summed E-state index contributed by atoms with van der Waals surface area (Å²) in [5.74, 6) is 1.08. The number of anilines is 2. The smallest absolute Gasteiger partial charge is 0.282 e. The van der Waals surface area contributed by atoms with Crippen LogP contribution in [-0.4, -0.2) is 52.3 Å². The van der Waals surface area contributed by atoms with E-state index in [9.17, 15) is 4.79 Å². The Morgan fingerprint density at radius 2 is 1.73 bits per heavy atom. The maximum Gasteiger partial charge on any atom is 0.282 e. The third-order valence-corrected chi connectivity index (χ3v) is 4.99. The number of hydrogen-bond donors (Lipinski definition) is 1. The fourth-order valence-corrected chi connectivity index (χ4v) is 3.47. The molecule has 1 amide bonds. The van der Waals surface area contributed by atoms with Crippen LogP contribution in [0.2, 0.25) is 0 Å². The van der Waals surface area contributed by atoms with Crippen molar-refractivity contribution >= 4 is 17.3 Å². The molecule has 1 N–H and O–H groups in total. The third kappa shape index (κ3) is 4.35. The van der Waals surface area contributed by atoms with Crippen molar-refractivity contribution in [1.29, 1.82) is 0 Å². The van der Waals surface area contributed by atoms with Crippen molar-refractivity contribution in [1.82, 2.24) is 0 Å². The minimum absolute atomic E-state index is 0.201. The molecule has 3 rings (SSSR count). The first kappa shape index (κ1) is 18.3. The van der Waals surface area contributed by atoms with Crippen LogP contribution in [0.4, 0.5) is 11.4 Å². The van der Waals surface area contributed by atoms with Gasteiger partial charge in [-0.15, -0.1) is 0 Å². The monoisotopic (exact) mass is 354 g/mol. The molecule has 0 aliphatic carbocycles. The van der Waals surface area contributed by atoms with Gasteiger partial charge in [-0.3, -0.25) is 4.79 Å². The molecule has 2 aromatic carbocycles. The van der Waals surface area contributed by atoms with E-state index in [0.29, 0.717) is 13.1 Å². The maximum atomic E-state index is 12.7. The number of nitrogens with one attached hydrogen (secondary N) is 1. The van der Waals surface area contributed by atoms with Crippen LogP contribution < -0.4 is 19.4 Å². The Balaban J connectivity index is 1.53. The van der Waals surface area contributed by atoms with Crippen LogP contribution in [0.5, 0.6) is 5.75 Å². The SMILES string of the molecule is CCN(C(=O)C[NH+]1CCN(c2ccc(OC)cc2)CC1)c1ccccc1. The van der Waals surface area contributed by atoms with Gasteiger partial charge in [0.2, 0.25) is 0 Å². The van der Waals surface area contributed by atoms with Crippen LogP contribution in [0.25, 0.3) is 0 Å². The fourth-order valence-electron chi connectivity index (χ4n) is 3.47. The molecular formula is C21H28N3O2+. The molecule has 0 atom stereocenters. The quantitative estimate of drug-likeness (QED) is 0.853. The maximum absolute atomic E-state index is 12.7. The second kappa shape index (κ2) is 8.72. The van der Waals surface area contributed by atoms with E-state index in [1.807, 2.05) is 54.3 Å². The molecule has 0 unspecified atom stereocenters. The minimum Gasteiger partial charge on any atom is -0.497 e. The van der Waals surface area contributed by atoms with Gasteiger partial charge in [0, 0.05) is 17.9 Å². The number of rotatable bonds is 6. The van der Waals surface area contributed by atoms with Crippen molar-refractivity contribution in [2.45, 2.75) is 6.92 Å². The zero-order valence-electron chi connectivity index (χ0n) is 15.6. The number of piperazine rings is 1. The highest BCUT2D eigenvalue weighted by Crippen LogP contribution is 2.19. The number of para-hydroxylation sites is 1. The number of methoxy groups -OCH3 is 1. The van der Waals surface area contributed by atoms with Gasteiger partial charge in [0.15, 0.2) is 6.54 Å². The molecule has 0 aromatic heterocycles. The molecule has 5 heteroatoms. The van der Waals surface area contributed by atoms with Crippen LogP contribution in [0.3, 0.4) is 0 Å². The molecule has 0 spiro atoms. The standard InChI is InChI=1S/C21H27N3O2/c1-3-24(19-7-5-4-6-8-19)21(25)17-22-13-15-23(16-14-22)18-9-11-20(26-2)12-10-18/h4-12H,3,13-17H2,1-2H3/p+1. The summed E-state index contributed by atoms with van der Waals surface area (Å²) in [6, 6.07) is 18.1. The van der Waals surface area contributed by atoms with Gasteiger partial charge in [0.1, 0.15) is 5.75 Å². The molecule has 1 aliphatic heterocycles. The number of carbonyl (C=O) groups excluding carboxylic acids is 1. The summed E-state index contributed by atoms with van der Waals surface area (Å²) < 4.78 is 5.22. The molecular weight excluding hydrogens is 326 g/mol. The fraction of sp³-hybridized carbons (Fsp3) is 0.381. The lowest BCUT2D eigenvalue weighted by Gasteiger charge is -2.34. The molecule has 1 heterocycles. The van der Waals surface area contributed by atoms with Crippen molar-refractivity contribution in [3.8, 4) is 5.75 Å². The number of quaternary nitrogens is 1. The number of amides is 1. The van der Waals surface area contributed by atoms with Gasteiger partial charge in [-0.05, 0) is 43.3 Å². The number of ether oxygens (including phenoxy) is 1. The largest absolute Gasteiger partial charge is 0.497 e. The summed E-state index contributed by atoms with van der Waals surface area (Å²) in [6.07, 6.45) is 0. The van der Waals surface area contributed by atoms with E-state index in [1.165, 1.54) is 10.6 Å². The molecule has 0 saturated carbocycles. The number of benzene rings is 2. The average molecular weight is 354 g/mol. The normalized spacial score (nSPS) is 14.9. The molecule has 5 nitrogen and oxygen atoms in total. The van der Waals surface area contributed by atoms with E-state index >= 15 is 0 Å². The van der Waals surface area contributed by atoms with Gasteiger partial charge < -0.3 is 19.4 Å². The van der Waals surface area contributed by atoms with Crippen molar-refractivity contribution in [2.24, 2.45) is 0 Å². The van der Waals surface area contributed by atoms with Crippen molar-refractivity contribution in [2.75, 3.05) is 56.2 Å². The first-order chi connectivity index (χ1) is 12.7. The summed E-state index contributed by atoms with van der Waals surface area (Å²) in [6.45, 7) is 7.17. The lowest BCUT2D eigenvalue weighted by atomic mass is 10.2. The van der Waals surface area contributed by atoms with E-state index in [-0.39, 0.29) is 5.91 Å². The van der Waals surface area contributed by atoms with Gasteiger partial charge in [-0.1, -0.05) is 18.2 Å². The van der Waals surface area contributed by atoms with Crippen molar-refractivity contribution in [3.63, 3.8) is 0 Å². The first-order valence-corrected chi connectivity index (χ1v) is 9.29. The lowest BCUT2D eigenvalue weighted by Crippen LogP contribution is -3.16. The molecule has 138 valence electrons. The second-order valence-electron chi connectivity index (χ2n) is 6.59. The topological polar surface area (TPSA) is 37.2 Å². The highest BCUT2D eigenvalue weighted by atomic mass is 16.5. The Morgan fingerprint density at radius 1 is 1.08 bits per heavy atom. The Bertz CT molecular complexity index is 695.